The van der Waals surface area contributed by atoms with Crippen molar-refractivity contribution in [3.8, 4) is 0 Å². The number of piperazine rings is 2. The Labute approximate surface area is 295 Å². The number of carbonyl (C=O) groups excluding carboxylic acids is 1. The van der Waals surface area contributed by atoms with Gasteiger partial charge in [0.1, 0.15) is 5.82 Å². The minimum Gasteiger partial charge on any atom is -0.389 e. The number of amides is 1. The highest BCUT2D eigenvalue weighted by Crippen LogP contribution is 2.42. The van der Waals surface area contributed by atoms with Gasteiger partial charge in [0.05, 0.1) is 36.6 Å². The number of aromatic nitrogens is 3. The number of anilines is 1. The van der Waals surface area contributed by atoms with E-state index in [1.807, 2.05) is 26.8 Å². The normalized spacial score (nSPS) is 23.7. The Balaban J connectivity index is 1.30. The van der Waals surface area contributed by atoms with E-state index in [9.17, 15) is 32.3 Å². The molecule has 51 heavy (non-hydrogen) atoms. The van der Waals surface area contributed by atoms with Gasteiger partial charge in [-0.15, -0.1) is 5.10 Å². The van der Waals surface area contributed by atoms with Crippen LogP contribution in [0.1, 0.15) is 58.4 Å². The molecule has 1 amide bonds. The van der Waals surface area contributed by atoms with Crippen molar-refractivity contribution in [2.24, 2.45) is 0 Å². The van der Waals surface area contributed by atoms with Crippen LogP contribution in [0.3, 0.4) is 0 Å². The molecule has 5 heterocycles. The van der Waals surface area contributed by atoms with Crippen molar-refractivity contribution in [3.05, 3.63) is 63.5 Å². The van der Waals surface area contributed by atoms with E-state index >= 15 is 0 Å². The highest BCUT2D eigenvalue weighted by Gasteiger charge is 2.43. The highest BCUT2D eigenvalue weighted by molar-refractivity contribution is 5.98. The molecule has 0 spiro atoms. The number of rotatable bonds is 9. The molecule has 0 radical (unpaired) electrons. The van der Waals surface area contributed by atoms with Gasteiger partial charge in [0.2, 0.25) is 5.91 Å². The number of carbonyl (C=O) groups is 1. The zero-order chi connectivity index (χ0) is 37.0. The predicted molar refractivity (Wildman–Crippen MR) is 187 cm³/mol. The number of fused-ring (bicyclic) bond motifs is 3. The van der Waals surface area contributed by atoms with E-state index in [0.717, 1.165) is 5.56 Å². The van der Waals surface area contributed by atoms with Crippen molar-refractivity contribution in [2.75, 3.05) is 63.8 Å². The number of alkyl halides is 3. The largest absolute Gasteiger partial charge is 0.401 e. The van der Waals surface area contributed by atoms with Crippen LogP contribution in [0.4, 0.5) is 23.2 Å². The second-order valence-corrected chi connectivity index (χ2v) is 16.1. The fraction of sp³-hybridized carbons (Fsp3) is 0.639. The second-order valence-electron chi connectivity index (χ2n) is 16.1. The molecule has 280 valence electrons. The van der Waals surface area contributed by atoms with Crippen LogP contribution in [0.25, 0.3) is 5.65 Å². The summed E-state index contributed by atoms with van der Waals surface area (Å²) in [6.45, 7) is 13.8. The predicted octanol–water partition coefficient (Wildman–Crippen LogP) is 2.85. The molecule has 2 N–H and O–H groups in total. The molecular formula is C36H50F4N8O3. The van der Waals surface area contributed by atoms with Crippen LogP contribution in [-0.2, 0) is 23.2 Å². The molecule has 3 aliphatic rings. The van der Waals surface area contributed by atoms with Gasteiger partial charge < -0.3 is 15.3 Å². The summed E-state index contributed by atoms with van der Waals surface area (Å²) in [5.41, 5.74) is 0.975. The summed E-state index contributed by atoms with van der Waals surface area (Å²) < 4.78 is 55.8. The number of hydrogen-bond acceptors (Lipinski definition) is 8. The van der Waals surface area contributed by atoms with Gasteiger partial charge in [-0.25, -0.2) is 18.3 Å². The Morgan fingerprint density at radius 1 is 1.06 bits per heavy atom. The third-order valence-electron chi connectivity index (χ3n) is 10.3. The summed E-state index contributed by atoms with van der Waals surface area (Å²) in [7, 11) is 0. The summed E-state index contributed by atoms with van der Waals surface area (Å²) in [5.74, 6) is -0.478. The van der Waals surface area contributed by atoms with Crippen LogP contribution in [0.15, 0.2) is 35.1 Å². The summed E-state index contributed by atoms with van der Waals surface area (Å²) in [5, 5.41) is 18.8. The average Bonchev–Trinajstić information content (AvgIpc) is 3.47. The molecule has 1 aromatic carbocycles. The van der Waals surface area contributed by atoms with E-state index in [4.69, 9.17) is 0 Å². The van der Waals surface area contributed by atoms with Gasteiger partial charge in [0.15, 0.2) is 5.65 Å². The van der Waals surface area contributed by atoms with Crippen molar-refractivity contribution in [2.45, 2.75) is 89.8 Å². The fourth-order valence-electron chi connectivity index (χ4n) is 7.96. The number of halogens is 4. The Bertz CT molecular complexity index is 1800. The minimum atomic E-state index is -4.23. The van der Waals surface area contributed by atoms with Gasteiger partial charge in [0, 0.05) is 81.3 Å². The number of aliphatic hydroxyl groups is 1. The molecule has 3 atom stereocenters. The van der Waals surface area contributed by atoms with Crippen LogP contribution in [0.5, 0.6) is 0 Å². The third-order valence-corrected chi connectivity index (χ3v) is 10.3. The molecule has 15 heteroatoms. The van der Waals surface area contributed by atoms with Crippen molar-refractivity contribution >= 4 is 17.2 Å². The first-order chi connectivity index (χ1) is 23.8. The molecular weight excluding hydrogens is 668 g/mol. The van der Waals surface area contributed by atoms with Crippen LogP contribution in [0.2, 0.25) is 0 Å². The van der Waals surface area contributed by atoms with E-state index in [1.165, 1.54) is 21.7 Å². The average molecular weight is 719 g/mol. The number of nitrogens with zero attached hydrogens (tertiary/aromatic N) is 7. The molecule has 3 aliphatic heterocycles. The fourth-order valence-corrected chi connectivity index (χ4v) is 7.96. The first-order valence-corrected chi connectivity index (χ1v) is 17.7. The van der Waals surface area contributed by atoms with Crippen LogP contribution in [-0.4, -0.2) is 129 Å². The van der Waals surface area contributed by atoms with Crippen molar-refractivity contribution in [1.29, 1.82) is 0 Å². The number of pyridine rings is 1. The monoisotopic (exact) mass is 718 g/mol. The van der Waals surface area contributed by atoms with Gasteiger partial charge in [-0.05, 0) is 51.5 Å². The maximum atomic E-state index is 14.4. The molecule has 6 rings (SSSR count). The maximum Gasteiger partial charge on any atom is 0.401 e. The van der Waals surface area contributed by atoms with Crippen molar-refractivity contribution in [1.82, 2.24) is 34.2 Å². The molecule has 0 unspecified atom stereocenters. The van der Waals surface area contributed by atoms with Gasteiger partial charge in [-0.3, -0.25) is 19.5 Å². The standard InChI is InChI=1S/C36H50F4N8O3/c1-23-16-45(28(15-41-23)18-44-12-11-43(17-24(44)2)22-36(38,39)40)19-30(49)46-20-34(3,4)31-29(46)14-26(13-25-7-9-27(37)10-8-25)32-42-47(21-35(5,6)51)33(50)48(31)32/h7-10,14,23-24,28,41,51H,11-13,15-22H2,1-6H3/t23-,24-,28-/m1/s1. The zero-order valence-corrected chi connectivity index (χ0v) is 30.3. The molecule has 2 fully saturated rings. The van der Waals surface area contributed by atoms with Crippen LogP contribution < -0.4 is 15.9 Å². The first-order valence-electron chi connectivity index (χ1n) is 17.7. The Morgan fingerprint density at radius 2 is 1.76 bits per heavy atom. The van der Waals surface area contributed by atoms with Gasteiger partial charge in [0.25, 0.3) is 0 Å². The van der Waals surface area contributed by atoms with E-state index in [-0.39, 0.29) is 42.9 Å². The van der Waals surface area contributed by atoms with Crippen LogP contribution >= 0.6 is 0 Å². The molecule has 2 saturated heterocycles. The van der Waals surface area contributed by atoms with Gasteiger partial charge in [-0.2, -0.15) is 13.2 Å². The molecule has 0 bridgehead atoms. The van der Waals surface area contributed by atoms with E-state index in [1.54, 1.807) is 35.3 Å². The van der Waals surface area contributed by atoms with Gasteiger partial charge >= 0.3 is 11.9 Å². The molecule has 3 aromatic rings. The van der Waals surface area contributed by atoms with Crippen LogP contribution in [0, 0.1) is 5.82 Å². The van der Waals surface area contributed by atoms with E-state index < -0.39 is 29.4 Å². The lowest BCUT2D eigenvalue weighted by Gasteiger charge is -2.45. The SMILES string of the molecule is C[C@@H]1CN(CC(=O)N2CC(C)(C)c3c2cc(Cc2ccc(F)cc2)c2nn(CC(C)(C)O)c(=O)n32)[C@@H](CN2CCN(CC(F)(F)F)C[C@H]2C)CN1. The van der Waals surface area contributed by atoms with Gasteiger partial charge in [-0.1, -0.05) is 26.0 Å². The number of nitrogens with one attached hydrogen (secondary N) is 1. The second kappa shape index (κ2) is 13.9. The number of benzene rings is 1. The Kier molecular flexibility index (Phi) is 10.2. The lowest BCUT2D eigenvalue weighted by Crippen LogP contribution is -2.63. The molecule has 0 saturated carbocycles. The summed E-state index contributed by atoms with van der Waals surface area (Å²) in [4.78, 5) is 36.0. The first kappa shape index (κ1) is 37.4. The molecule has 2 aromatic heterocycles. The van der Waals surface area contributed by atoms with E-state index in [2.05, 4.69) is 27.1 Å². The highest BCUT2D eigenvalue weighted by atomic mass is 19.4. The Morgan fingerprint density at radius 3 is 2.41 bits per heavy atom. The topological polar surface area (TPSA) is 102 Å². The lowest BCUT2D eigenvalue weighted by molar-refractivity contribution is -0.151. The number of hydrogen-bond donors (Lipinski definition) is 2. The van der Waals surface area contributed by atoms with Crippen molar-refractivity contribution < 1.29 is 27.5 Å². The smallest absolute Gasteiger partial charge is 0.389 e. The minimum absolute atomic E-state index is 0.0279. The maximum absolute atomic E-state index is 14.4. The quantitative estimate of drug-likeness (QED) is 0.326. The summed E-state index contributed by atoms with van der Waals surface area (Å²) in [6, 6.07) is 8.08. The van der Waals surface area contributed by atoms with E-state index in [0.29, 0.717) is 74.8 Å². The molecule has 0 aliphatic carbocycles. The summed E-state index contributed by atoms with van der Waals surface area (Å²) in [6.07, 6.45) is -3.90. The molecule has 11 nitrogen and oxygen atoms in total. The summed E-state index contributed by atoms with van der Waals surface area (Å²) >= 11 is 0. The third kappa shape index (κ3) is 8.32. The lowest BCUT2D eigenvalue weighted by atomic mass is 9.90. The Hall–Kier alpha value is -3.37. The zero-order valence-electron chi connectivity index (χ0n) is 30.3. The van der Waals surface area contributed by atoms with Crippen molar-refractivity contribution in [3.63, 3.8) is 0 Å².